The number of anilines is 1. The number of hydrogen-bond donors (Lipinski definition) is 4. The number of thiazole rings is 1. The molecule has 3 atom stereocenters. The normalized spacial score (nSPS) is 23.7. The fraction of sp³-hybridized carbons (Fsp3) is 0.524. The Labute approximate surface area is 209 Å². The van der Waals surface area contributed by atoms with Crippen molar-refractivity contribution in [1.82, 2.24) is 25.5 Å². The number of H-pyrrole nitrogens is 1. The van der Waals surface area contributed by atoms with E-state index in [2.05, 4.69) is 20.6 Å². The van der Waals surface area contributed by atoms with Gasteiger partial charge >= 0.3 is 5.97 Å². The van der Waals surface area contributed by atoms with E-state index >= 15 is 0 Å². The number of halogens is 2. The first-order valence-corrected chi connectivity index (χ1v) is 12.6. The van der Waals surface area contributed by atoms with E-state index < -0.39 is 5.97 Å². The molecule has 13 heteroatoms. The Bertz CT molecular complexity index is 1150. The molecule has 1 unspecified atom stereocenters. The molecule has 3 aliphatic rings. The summed E-state index contributed by atoms with van der Waals surface area (Å²) in [6, 6.07) is 0.0230. The Hall–Kier alpha value is -2.34. The molecule has 3 fully saturated rings. The molecule has 0 aromatic carbocycles. The number of aromatic amines is 1. The second kappa shape index (κ2) is 9.03. The van der Waals surface area contributed by atoms with Crippen molar-refractivity contribution in [2.75, 3.05) is 44.2 Å². The van der Waals surface area contributed by atoms with Gasteiger partial charge in [0.25, 0.3) is 5.91 Å². The SMILES string of the molecule is Cc1[nH]c(C(=O)NC2[C@H]3CN(c4nc(CC(=O)N5CCNCC5)c(C(=O)O)s4)C[C@@H]23)c(Cl)c1Cl. The number of aromatic carboxylic acids is 1. The van der Waals surface area contributed by atoms with E-state index in [1.165, 1.54) is 0 Å². The number of aromatic nitrogens is 2. The first-order valence-electron chi connectivity index (χ1n) is 11.1. The summed E-state index contributed by atoms with van der Waals surface area (Å²) in [5.41, 5.74) is 1.22. The molecular formula is C21H24Cl2N6O4S. The standard InChI is InChI=1S/C21H24Cl2N6O4S/c1-9-14(22)15(23)17(25-9)19(31)27-16-10-7-29(8-11(10)16)21-26-12(18(34-21)20(32)33)6-13(30)28-4-2-24-3-5-28/h10-11,16,24-25H,2-8H2,1H3,(H,27,31)(H,32,33)/t10-,11+,16?. The third kappa shape index (κ3) is 4.26. The first-order chi connectivity index (χ1) is 16.2. The predicted molar refractivity (Wildman–Crippen MR) is 128 cm³/mol. The molecule has 0 spiro atoms. The minimum atomic E-state index is -1.07. The molecular weight excluding hydrogens is 503 g/mol. The minimum Gasteiger partial charge on any atom is -0.477 e. The van der Waals surface area contributed by atoms with Crippen LogP contribution in [0.4, 0.5) is 5.13 Å². The van der Waals surface area contributed by atoms with E-state index in [9.17, 15) is 19.5 Å². The van der Waals surface area contributed by atoms with Crippen molar-refractivity contribution in [3.05, 3.63) is 32.0 Å². The molecule has 34 heavy (non-hydrogen) atoms. The van der Waals surface area contributed by atoms with E-state index in [1.807, 2.05) is 4.90 Å². The summed E-state index contributed by atoms with van der Waals surface area (Å²) >= 11 is 13.3. The Kier molecular flexibility index (Phi) is 6.21. The molecule has 1 aliphatic carbocycles. The highest BCUT2D eigenvalue weighted by molar-refractivity contribution is 7.17. The maximum atomic E-state index is 12.6. The molecule has 10 nitrogen and oxygen atoms in total. The van der Waals surface area contributed by atoms with Gasteiger partial charge in [-0.3, -0.25) is 9.59 Å². The van der Waals surface area contributed by atoms with Crippen molar-refractivity contribution in [2.24, 2.45) is 11.8 Å². The van der Waals surface area contributed by atoms with E-state index in [0.29, 0.717) is 47.7 Å². The number of fused-ring (bicyclic) bond motifs is 1. The molecule has 2 aromatic rings. The van der Waals surface area contributed by atoms with Gasteiger partial charge in [0.15, 0.2) is 5.13 Å². The van der Waals surface area contributed by atoms with Gasteiger partial charge < -0.3 is 30.5 Å². The molecule has 5 rings (SSSR count). The van der Waals surface area contributed by atoms with E-state index in [4.69, 9.17) is 23.2 Å². The van der Waals surface area contributed by atoms with Gasteiger partial charge in [-0.15, -0.1) is 0 Å². The highest BCUT2D eigenvalue weighted by Gasteiger charge is 2.57. The van der Waals surface area contributed by atoms with Gasteiger partial charge in [-0.25, -0.2) is 9.78 Å². The average Bonchev–Trinajstić information content (AvgIpc) is 3.19. The Morgan fingerprint density at radius 1 is 1.18 bits per heavy atom. The number of hydrogen-bond acceptors (Lipinski definition) is 7. The molecule has 0 bridgehead atoms. The minimum absolute atomic E-state index is 0.0175. The lowest BCUT2D eigenvalue weighted by atomic mass is 10.2. The zero-order valence-electron chi connectivity index (χ0n) is 18.4. The number of nitrogens with zero attached hydrogens (tertiary/aromatic N) is 3. The smallest absolute Gasteiger partial charge is 0.347 e. The van der Waals surface area contributed by atoms with Gasteiger partial charge in [-0.05, 0) is 6.92 Å². The number of carbonyl (C=O) groups is 3. The fourth-order valence-electron chi connectivity index (χ4n) is 4.78. The molecule has 4 heterocycles. The van der Waals surface area contributed by atoms with Crippen LogP contribution in [0.1, 0.15) is 31.5 Å². The van der Waals surface area contributed by atoms with Crippen LogP contribution in [-0.4, -0.2) is 83.1 Å². The van der Waals surface area contributed by atoms with Crippen LogP contribution in [0.15, 0.2) is 0 Å². The number of rotatable bonds is 6. The monoisotopic (exact) mass is 526 g/mol. The quantitative estimate of drug-likeness (QED) is 0.449. The van der Waals surface area contributed by atoms with Crippen LogP contribution < -0.4 is 15.5 Å². The third-order valence-electron chi connectivity index (χ3n) is 6.71. The zero-order chi connectivity index (χ0) is 24.1. The number of carboxylic acids is 1. The van der Waals surface area contributed by atoms with Crippen LogP contribution in [0.5, 0.6) is 0 Å². The van der Waals surface area contributed by atoms with Crippen molar-refractivity contribution in [2.45, 2.75) is 19.4 Å². The highest BCUT2D eigenvalue weighted by Crippen LogP contribution is 2.48. The van der Waals surface area contributed by atoms with E-state index in [0.717, 1.165) is 24.4 Å². The zero-order valence-corrected chi connectivity index (χ0v) is 20.7. The van der Waals surface area contributed by atoms with E-state index in [-0.39, 0.29) is 51.7 Å². The molecule has 2 aromatic heterocycles. The summed E-state index contributed by atoms with van der Waals surface area (Å²) in [5, 5.41) is 17.0. The fourth-order valence-corrected chi connectivity index (χ4v) is 6.13. The topological polar surface area (TPSA) is 131 Å². The summed E-state index contributed by atoms with van der Waals surface area (Å²) in [6.45, 7) is 5.76. The van der Waals surface area contributed by atoms with Gasteiger partial charge in [0.2, 0.25) is 5.91 Å². The summed E-state index contributed by atoms with van der Waals surface area (Å²) in [4.78, 5) is 48.4. The lowest BCUT2D eigenvalue weighted by Crippen LogP contribution is -2.47. The van der Waals surface area contributed by atoms with Crippen LogP contribution in [0.2, 0.25) is 10.0 Å². The highest BCUT2D eigenvalue weighted by atomic mass is 35.5. The Morgan fingerprint density at radius 2 is 1.85 bits per heavy atom. The van der Waals surface area contributed by atoms with Gasteiger partial charge in [0, 0.05) is 62.8 Å². The van der Waals surface area contributed by atoms with Crippen LogP contribution >= 0.6 is 34.5 Å². The van der Waals surface area contributed by atoms with Crippen molar-refractivity contribution in [1.29, 1.82) is 0 Å². The number of carbonyl (C=O) groups excluding carboxylic acids is 2. The summed E-state index contributed by atoms with van der Waals surface area (Å²) in [7, 11) is 0. The van der Waals surface area contributed by atoms with E-state index in [1.54, 1.807) is 11.8 Å². The number of amides is 2. The lowest BCUT2D eigenvalue weighted by molar-refractivity contribution is -0.131. The third-order valence-corrected chi connectivity index (χ3v) is 8.81. The largest absolute Gasteiger partial charge is 0.477 e. The molecule has 1 saturated carbocycles. The average molecular weight is 527 g/mol. The van der Waals surface area contributed by atoms with Crippen LogP contribution in [0.3, 0.4) is 0 Å². The van der Waals surface area contributed by atoms with Gasteiger partial charge in [-0.1, -0.05) is 34.5 Å². The lowest BCUT2D eigenvalue weighted by Gasteiger charge is -2.27. The predicted octanol–water partition coefficient (Wildman–Crippen LogP) is 1.62. The van der Waals surface area contributed by atoms with Crippen molar-refractivity contribution in [3.8, 4) is 0 Å². The summed E-state index contributed by atoms with van der Waals surface area (Å²) in [5.74, 6) is -0.971. The summed E-state index contributed by atoms with van der Waals surface area (Å²) < 4.78 is 0. The van der Waals surface area contributed by atoms with Gasteiger partial charge in [0.05, 0.1) is 22.2 Å². The molecule has 0 radical (unpaired) electrons. The number of carboxylic acid groups (broad SMARTS) is 1. The maximum Gasteiger partial charge on any atom is 0.347 e. The second-order valence-electron chi connectivity index (χ2n) is 8.87. The van der Waals surface area contributed by atoms with Crippen molar-refractivity contribution < 1.29 is 19.5 Å². The van der Waals surface area contributed by atoms with Crippen LogP contribution in [0.25, 0.3) is 0 Å². The number of piperazine rings is 1. The van der Waals surface area contributed by atoms with Gasteiger partial charge in [-0.2, -0.15) is 0 Å². The number of aryl methyl sites for hydroxylation is 1. The second-order valence-corrected chi connectivity index (χ2v) is 10.6. The molecule has 2 aliphatic heterocycles. The molecule has 2 amide bonds. The van der Waals surface area contributed by atoms with Crippen LogP contribution in [-0.2, 0) is 11.2 Å². The number of nitrogens with one attached hydrogen (secondary N) is 3. The number of piperidine rings is 1. The summed E-state index contributed by atoms with van der Waals surface area (Å²) in [6.07, 6.45) is -0.0175. The molecule has 4 N–H and O–H groups in total. The maximum absolute atomic E-state index is 12.6. The van der Waals surface area contributed by atoms with Gasteiger partial charge in [0.1, 0.15) is 10.6 Å². The molecule has 182 valence electrons. The molecule has 2 saturated heterocycles. The Balaban J connectivity index is 1.21. The van der Waals surface area contributed by atoms with Crippen molar-refractivity contribution >= 4 is 57.5 Å². The Morgan fingerprint density at radius 3 is 2.44 bits per heavy atom. The first kappa shape index (κ1) is 23.4. The van der Waals surface area contributed by atoms with Crippen molar-refractivity contribution in [3.63, 3.8) is 0 Å². The van der Waals surface area contributed by atoms with Crippen LogP contribution in [0, 0.1) is 18.8 Å².